The van der Waals surface area contributed by atoms with Gasteiger partial charge in [0.2, 0.25) is 17.7 Å². The third kappa shape index (κ3) is 5.76. The monoisotopic (exact) mass is 602 g/mol. The summed E-state index contributed by atoms with van der Waals surface area (Å²) >= 11 is 0. The Labute approximate surface area is 255 Å². The molecule has 2 saturated carbocycles. The van der Waals surface area contributed by atoms with Crippen molar-refractivity contribution in [2.24, 2.45) is 34.5 Å². The highest BCUT2D eigenvalue weighted by molar-refractivity contribution is 5.92. The minimum atomic E-state index is -0.922. The molecule has 0 aromatic heterocycles. The maximum absolute atomic E-state index is 14.3. The molecular formula is C32H50N4O7. The first-order chi connectivity index (χ1) is 20.3. The largest absolute Gasteiger partial charge is 0.444 e. The summed E-state index contributed by atoms with van der Waals surface area (Å²) in [6.45, 7) is 13.3. The molecule has 1 spiro atoms. The molecule has 4 amide bonds. The van der Waals surface area contributed by atoms with Gasteiger partial charge in [-0.2, -0.15) is 0 Å². The lowest BCUT2D eigenvalue weighted by molar-refractivity contribution is -0.152. The van der Waals surface area contributed by atoms with Crippen molar-refractivity contribution in [1.29, 1.82) is 0 Å². The first-order valence-corrected chi connectivity index (χ1v) is 16.4. The van der Waals surface area contributed by atoms with Crippen LogP contribution in [0.25, 0.3) is 0 Å². The number of ether oxygens (including phenoxy) is 3. The molecule has 5 heterocycles. The number of hydrogen-bond donors (Lipinski definition) is 1. The third-order valence-electron chi connectivity index (χ3n) is 10.9. The number of carbonyl (C=O) groups is 4. The molecule has 2 bridgehead atoms. The lowest BCUT2D eigenvalue weighted by Crippen LogP contribution is -2.65. The summed E-state index contributed by atoms with van der Waals surface area (Å²) in [6.07, 6.45) is 4.69. The van der Waals surface area contributed by atoms with Crippen molar-refractivity contribution in [1.82, 2.24) is 20.0 Å². The average molecular weight is 603 g/mol. The fourth-order valence-electron chi connectivity index (χ4n) is 8.47. The molecule has 0 aromatic carbocycles. The lowest BCUT2D eigenvalue weighted by atomic mass is 9.71. The quantitative estimate of drug-likeness (QED) is 0.525. The normalized spacial score (nSPS) is 33.9. The molecule has 7 rings (SSSR count). The van der Waals surface area contributed by atoms with Gasteiger partial charge >= 0.3 is 6.09 Å². The maximum Gasteiger partial charge on any atom is 0.410 e. The van der Waals surface area contributed by atoms with Crippen molar-refractivity contribution >= 4 is 23.8 Å². The van der Waals surface area contributed by atoms with Crippen LogP contribution >= 0.6 is 0 Å². The van der Waals surface area contributed by atoms with Crippen LogP contribution in [-0.4, -0.2) is 115 Å². The van der Waals surface area contributed by atoms with E-state index in [1.807, 2.05) is 25.7 Å². The van der Waals surface area contributed by atoms with Crippen LogP contribution in [0, 0.1) is 34.5 Å². The lowest BCUT2D eigenvalue weighted by Gasteiger charge is -2.50. The summed E-state index contributed by atoms with van der Waals surface area (Å²) in [5.74, 6) is -1.01. The number of nitrogens with zero attached hydrogens (tertiary/aromatic N) is 3. The van der Waals surface area contributed by atoms with Crippen molar-refractivity contribution in [2.45, 2.75) is 84.5 Å². The Morgan fingerprint density at radius 1 is 1.00 bits per heavy atom. The molecule has 0 radical (unpaired) electrons. The second-order valence-corrected chi connectivity index (χ2v) is 15.5. The number of fused-ring (bicyclic) bond motifs is 3. The number of morpholine rings is 1. The van der Waals surface area contributed by atoms with Crippen LogP contribution in [0.2, 0.25) is 0 Å². The number of hydrogen-bond acceptors (Lipinski definition) is 7. The van der Waals surface area contributed by atoms with Gasteiger partial charge in [0.25, 0.3) is 0 Å². The average Bonchev–Trinajstić information content (AvgIpc) is 3.29. The van der Waals surface area contributed by atoms with Crippen molar-refractivity contribution in [3.05, 3.63) is 0 Å². The van der Waals surface area contributed by atoms with E-state index in [0.29, 0.717) is 58.5 Å². The van der Waals surface area contributed by atoms with E-state index in [2.05, 4.69) is 19.2 Å². The highest BCUT2D eigenvalue weighted by Crippen LogP contribution is 2.63. The zero-order valence-electron chi connectivity index (χ0n) is 26.6. The number of likely N-dealkylation sites (tertiary alicyclic amines) is 1. The Hall–Kier alpha value is -2.40. The molecule has 5 saturated heterocycles. The zero-order valence-corrected chi connectivity index (χ0v) is 26.6. The van der Waals surface area contributed by atoms with Gasteiger partial charge in [0.15, 0.2) is 0 Å². The first-order valence-electron chi connectivity index (χ1n) is 16.4. The molecule has 11 nitrogen and oxygen atoms in total. The summed E-state index contributed by atoms with van der Waals surface area (Å²) in [6, 6.07) is -0.922. The Balaban J connectivity index is 1.32. The summed E-state index contributed by atoms with van der Waals surface area (Å²) in [7, 11) is 0. The molecule has 1 unspecified atom stereocenters. The van der Waals surface area contributed by atoms with E-state index in [-0.39, 0.29) is 41.5 Å². The fourth-order valence-corrected chi connectivity index (χ4v) is 8.47. The third-order valence-corrected chi connectivity index (χ3v) is 10.9. The van der Waals surface area contributed by atoms with Crippen molar-refractivity contribution in [3.63, 3.8) is 0 Å². The Kier molecular flexibility index (Phi) is 7.97. The second-order valence-electron chi connectivity index (χ2n) is 15.5. The smallest absolute Gasteiger partial charge is 0.410 e. The van der Waals surface area contributed by atoms with Crippen molar-refractivity contribution in [2.75, 3.05) is 59.1 Å². The second kappa shape index (κ2) is 11.2. The predicted molar refractivity (Wildman–Crippen MR) is 157 cm³/mol. The van der Waals surface area contributed by atoms with Crippen molar-refractivity contribution < 1.29 is 33.4 Å². The molecule has 7 fully saturated rings. The maximum atomic E-state index is 14.3. The highest BCUT2D eigenvalue weighted by atomic mass is 16.6. The molecule has 5 atom stereocenters. The van der Waals surface area contributed by atoms with E-state index < -0.39 is 35.2 Å². The minimum absolute atomic E-state index is 0.0632. The van der Waals surface area contributed by atoms with Gasteiger partial charge in [-0.25, -0.2) is 4.79 Å². The van der Waals surface area contributed by atoms with E-state index in [1.165, 1.54) is 19.3 Å². The van der Waals surface area contributed by atoms with Gasteiger partial charge in [-0.3, -0.25) is 14.4 Å². The van der Waals surface area contributed by atoms with Crippen LogP contribution in [0.3, 0.4) is 0 Å². The molecule has 240 valence electrons. The summed E-state index contributed by atoms with van der Waals surface area (Å²) in [4.78, 5) is 60.9. The highest BCUT2D eigenvalue weighted by Gasteiger charge is 2.70. The number of nitrogens with one attached hydrogen (secondary N) is 1. The van der Waals surface area contributed by atoms with Crippen LogP contribution in [0.15, 0.2) is 0 Å². The van der Waals surface area contributed by atoms with Crippen LogP contribution < -0.4 is 5.32 Å². The van der Waals surface area contributed by atoms with Gasteiger partial charge in [0.1, 0.15) is 11.6 Å². The molecule has 43 heavy (non-hydrogen) atoms. The van der Waals surface area contributed by atoms with Gasteiger partial charge in [0, 0.05) is 63.1 Å². The summed E-state index contributed by atoms with van der Waals surface area (Å²) in [5.41, 5.74) is -1.61. The van der Waals surface area contributed by atoms with Gasteiger partial charge < -0.3 is 34.2 Å². The Morgan fingerprint density at radius 3 is 2.33 bits per heavy atom. The van der Waals surface area contributed by atoms with E-state index in [9.17, 15) is 19.2 Å². The van der Waals surface area contributed by atoms with Gasteiger partial charge in [-0.15, -0.1) is 0 Å². The Morgan fingerprint density at radius 2 is 1.67 bits per heavy atom. The zero-order chi connectivity index (χ0) is 30.7. The van der Waals surface area contributed by atoms with Crippen LogP contribution in [0.5, 0.6) is 0 Å². The van der Waals surface area contributed by atoms with Gasteiger partial charge in [-0.1, -0.05) is 33.1 Å². The van der Waals surface area contributed by atoms with E-state index in [0.717, 1.165) is 12.8 Å². The molecule has 11 heteroatoms. The van der Waals surface area contributed by atoms with E-state index in [4.69, 9.17) is 14.2 Å². The van der Waals surface area contributed by atoms with Crippen LogP contribution in [0.4, 0.5) is 4.79 Å². The number of amides is 4. The molecule has 2 aliphatic carbocycles. The number of rotatable bonds is 4. The van der Waals surface area contributed by atoms with E-state index >= 15 is 0 Å². The van der Waals surface area contributed by atoms with Crippen LogP contribution in [-0.2, 0) is 28.6 Å². The van der Waals surface area contributed by atoms with Gasteiger partial charge in [0.05, 0.1) is 25.2 Å². The molecule has 7 aliphatic rings. The molecule has 0 aromatic rings. The van der Waals surface area contributed by atoms with Crippen LogP contribution in [0.1, 0.15) is 66.7 Å². The topological polar surface area (TPSA) is 118 Å². The fraction of sp³-hybridized carbons (Fsp3) is 0.875. The molecule has 5 aliphatic heterocycles. The SMILES string of the molecule is CC(C)(C)OC(=O)N1C[C@H]2C(=O)N[C@H](C(=O)N3CCOCC3)[C@H](OCC3CCCCC3)C3[C@H](C(=O)N4CC2(C1)C4)C3(C)C. The number of carbonyl (C=O) groups excluding carboxylic acids is 4. The van der Waals surface area contributed by atoms with Crippen molar-refractivity contribution in [3.8, 4) is 0 Å². The minimum Gasteiger partial charge on any atom is -0.444 e. The molecule has 1 N–H and O–H groups in total. The standard InChI is InChI=1S/C32H50N4O7/c1-30(2,3)43-29(40)35-15-21-26(37)33-24(28(39)34-11-13-41-14-12-34)25(42-16-20-9-7-6-8-10-20)22-23(31(22,4)5)27(38)36-18-32(21,17-35)19-36/h20-25H,6-19H2,1-5H3,(H,33,37)/t21-,22?,23+,24-,25+/m0/s1. The summed E-state index contributed by atoms with van der Waals surface area (Å²) in [5, 5.41) is 3.18. The molecular weight excluding hydrogens is 552 g/mol. The predicted octanol–water partition coefficient (Wildman–Crippen LogP) is 2.28. The summed E-state index contributed by atoms with van der Waals surface area (Å²) < 4.78 is 17.9. The van der Waals surface area contributed by atoms with E-state index in [1.54, 1.807) is 9.80 Å². The first kappa shape index (κ1) is 30.6. The Bertz CT molecular complexity index is 1120. The van der Waals surface area contributed by atoms with Gasteiger partial charge in [-0.05, 0) is 44.9 Å².